The van der Waals surface area contributed by atoms with E-state index in [0.29, 0.717) is 6.04 Å². The van der Waals surface area contributed by atoms with Gasteiger partial charge in [0.05, 0.1) is 6.04 Å². The van der Waals surface area contributed by atoms with Crippen molar-refractivity contribution in [2.24, 2.45) is 5.73 Å². The average molecular weight is 292 g/mol. The lowest BCUT2D eigenvalue weighted by Gasteiger charge is -2.43. The Bertz CT molecular complexity index is 422. The lowest BCUT2D eigenvalue weighted by atomic mass is 9.92. The molecule has 0 radical (unpaired) electrons. The Balaban J connectivity index is 2.34. The molecular weight excluding hydrogens is 264 g/mol. The van der Waals surface area contributed by atoms with E-state index in [9.17, 15) is 0 Å². The molecule has 2 atom stereocenters. The molecule has 1 saturated heterocycles. The van der Waals surface area contributed by atoms with Crippen molar-refractivity contribution in [3.05, 3.63) is 29.8 Å². The Labute approximate surface area is 128 Å². The van der Waals surface area contributed by atoms with Gasteiger partial charge in [-0.1, -0.05) is 18.6 Å². The Morgan fingerprint density at radius 1 is 1.15 bits per heavy atom. The molecule has 2 rings (SSSR count). The van der Waals surface area contributed by atoms with E-state index in [2.05, 4.69) is 56.2 Å². The van der Waals surface area contributed by atoms with Gasteiger partial charge in [0.15, 0.2) is 0 Å². The van der Waals surface area contributed by atoms with Crippen molar-refractivity contribution in [2.45, 2.75) is 62.6 Å². The van der Waals surface area contributed by atoms with Gasteiger partial charge in [-0.25, -0.2) is 0 Å². The summed E-state index contributed by atoms with van der Waals surface area (Å²) in [5, 5.41) is 0. The van der Waals surface area contributed by atoms with E-state index >= 15 is 0 Å². The number of hydrogen-bond donors (Lipinski definition) is 1. The minimum absolute atomic E-state index is 0.158. The largest absolute Gasteiger partial charge is 0.326 e. The normalized spacial score (nSPS) is 25.4. The van der Waals surface area contributed by atoms with Gasteiger partial charge in [-0.2, -0.15) is 0 Å². The van der Waals surface area contributed by atoms with Crippen LogP contribution in [-0.4, -0.2) is 29.3 Å². The third-order valence-corrected chi connectivity index (χ3v) is 4.99. The standard InChI is InChI=1S/C17H28N2S/c1-17(2,3)19-12-6-5-7-15(18)16(19)13-8-10-14(20-4)11-9-13/h8-11,15-16H,5-7,12,18H2,1-4H3. The molecule has 1 fully saturated rings. The molecule has 1 aromatic carbocycles. The molecule has 1 aliphatic rings. The minimum Gasteiger partial charge on any atom is -0.326 e. The van der Waals surface area contributed by atoms with Crippen molar-refractivity contribution in [3.8, 4) is 0 Å². The highest BCUT2D eigenvalue weighted by Crippen LogP contribution is 2.35. The number of thioether (sulfide) groups is 1. The van der Waals surface area contributed by atoms with Crippen molar-refractivity contribution in [1.82, 2.24) is 4.90 Å². The highest BCUT2D eigenvalue weighted by molar-refractivity contribution is 7.98. The predicted molar refractivity (Wildman–Crippen MR) is 89.2 cm³/mol. The molecule has 20 heavy (non-hydrogen) atoms. The van der Waals surface area contributed by atoms with Crippen LogP contribution >= 0.6 is 11.8 Å². The summed E-state index contributed by atoms with van der Waals surface area (Å²) >= 11 is 1.79. The van der Waals surface area contributed by atoms with Crippen LogP contribution in [-0.2, 0) is 0 Å². The summed E-state index contributed by atoms with van der Waals surface area (Å²) in [7, 11) is 0. The van der Waals surface area contributed by atoms with Crippen molar-refractivity contribution >= 4 is 11.8 Å². The van der Waals surface area contributed by atoms with E-state index in [1.54, 1.807) is 11.8 Å². The van der Waals surface area contributed by atoms with Gasteiger partial charge in [0.1, 0.15) is 0 Å². The molecule has 2 unspecified atom stereocenters. The van der Waals surface area contributed by atoms with Crippen molar-refractivity contribution in [3.63, 3.8) is 0 Å². The second-order valence-electron chi connectivity index (χ2n) is 6.74. The third kappa shape index (κ3) is 3.57. The van der Waals surface area contributed by atoms with E-state index < -0.39 is 0 Å². The topological polar surface area (TPSA) is 29.3 Å². The number of rotatable bonds is 2. The number of nitrogens with two attached hydrogens (primary N) is 1. The molecule has 2 nitrogen and oxygen atoms in total. The molecule has 3 heteroatoms. The molecule has 112 valence electrons. The van der Waals surface area contributed by atoms with Crippen LogP contribution < -0.4 is 5.73 Å². The highest BCUT2D eigenvalue weighted by atomic mass is 32.2. The summed E-state index contributed by atoms with van der Waals surface area (Å²) in [6, 6.07) is 9.54. The molecule has 0 spiro atoms. The fourth-order valence-corrected chi connectivity index (χ4v) is 3.58. The average Bonchev–Trinajstić information content (AvgIpc) is 2.60. The van der Waals surface area contributed by atoms with Crippen molar-refractivity contribution < 1.29 is 0 Å². The maximum absolute atomic E-state index is 6.52. The van der Waals surface area contributed by atoms with Gasteiger partial charge in [-0.3, -0.25) is 4.90 Å². The molecule has 1 aromatic rings. The summed E-state index contributed by atoms with van der Waals surface area (Å²) < 4.78 is 0. The van der Waals surface area contributed by atoms with Gasteiger partial charge in [0, 0.05) is 16.5 Å². The molecule has 0 amide bonds. The minimum atomic E-state index is 0.158. The third-order valence-electron chi connectivity index (χ3n) is 4.25. The van der Waals surface area contributed by atoms with Crippen LogP contribution in [0.15, 0.2) is 29.2 Å². The van der Waals surface area contributed by atoms with E-state index in [1.807, 2.05) is 0 Å². The van der Waals surface area contributed by atoms with E-state index in [1.165, 1.54) is 23.3 Å². The smallest absolute Gasteiger partial charge is 0.0504 e. The molecule has 0 aromatic heterocycles. The number of hydrogen-bond acceptors (Lipinski definition) is 3. The molecule has 1 aliphatic heterocycles. The van der Waals surface area contributed by atoms with Crippen molar-refractivity contribution in [1.29, 1.82) is 0 Å². The highest BCUT2D eigenvalue weighted by Gasteiger charge is 2.34. The quantitative estimate of drug-likeness (QED) is 0.833. The van der Waals surface area contributed by atoms with Gasteiger partial charge in [0.25, 0.3) is 0 Å². The monoisotopic (exact) mass is 292 g/mol. The summed E-state index contributed by atoms with van der Waals surface area (Å²) in [5.41, 5.74) is 8.05. The molecule has 0 saturated carbocycles. The molecule has 1 heterocycles. The second-order valence-corrected chi connectivity index (χ2v) is 7.62. The Morgan fingerprint density at radius 2 is 1.80 bits per heavy atom. The van der Waals surface area contributed by atoms with Crippen LogP contribution in [0.3, 0.4) is 0 Å². The lowest BCUT2D eigenvalue weighted by Crippen LogP contribution is -2.49. The summed E-state index contributed by atoms with van der Waals surface area (Å²) in [4.78, 5) is 3.91. The first-order valence-corrected chi connectivity index (χ1v) is 8.82. The maximum atomic E-state index is 6.52. The number of benzene rings is 1. The van der Waals surface area contributed by atoms with Gasteiger partial charge >= 0.3 is 0 Å². The van der Waals surface area contributed by atoms with E-state index in [4.69, 9.17) is 5.73 Å². The van der Waals surface area contributed by atoms with Gasteiger partial charge in [0.2, 0.25) is 0 Å². The summed E-state index contributed by atoms with van der Waals surface area (Å²) in [6.07, 6.45) is 5.74. The fraction of sp³-hybridized carbons (Fsp3) is 0.647. The lowest BCUT2D eigenvalue weighted by molar-refractivity contribution is 0.0755. The summed E-state index contributed by atoms with van der Waals surface area (Å²) in [5.74, 6) is 0. The van der Waals surface area contributed by atoms with Gasteiger partial charge in [-0.15, -0.1) is 11.8 Å². The molecular formula is C17H28N2S. The molecule has 0 bridgehead atoms. The Hall–Kier alpha value is -0.510. The van der Waals surface area contributed by atoms with Crippen molar-refractivity contribution in [2.75, 3.05) is 12.8 Å². The second kappa shape index (κ2) is 6.50. The van der Waals surface area contributed by atoms with Gasteiger partial charge in [-0.05, 0) is 64.1 Å². The summed E-state index contributed by atoms with van der Waals surface area (Å²) in [6.45, 7) is 8.04. The first kappa shape index (κ1) is 15.9. The predicted octanol–water partition coefficient (Wildman–Crippen LogP) is 4.06. The van der Waals surface area contributed by atoms with Crippen LogP contribution in [0.5, 0.6) is 0 Å². The number of nitrogens with zero attached hydrogens (tertiary/aromatic N) is 1. The fourth-order valence-electron chi connectivity index (χ4n) is 3.17. The first-order chi connectivity index (χ1) is 9.43. The van der Waals surface area contributed by atoms with Crippen LogP contribution in [0, 0.1) is 0 Å². The first-order valence-electron chi connectivity index (χ1n) is 7.60. The molecule has 2 N–H and O–H groups in total. The zero-order chi connectivity index (χ0) is 14.8. The zero-order valence-electron chi connectivity index (χ0n) is 13.2. The van der Waals surface area contributed by atoms with Crippen LogP contribution in [0.25, 0.3) is 0 Å². The van der Waals surface area contributed by atoms with Crippen LogP contribution in [0.1, 0.15) is 51.6 Å². The maximum Gasteiger partial charge on any atom is 0.0504 e. The number of likely N-dealkylation sites (tertiary alicyclic amines) is 1. The Kier molecular flexibility index (Phi) is 5.16. The Morgan fingerprint density at radius 3 is 2.35 bits per heavy atom. The molecule has 0 aliphatic carbocycles. The van der Waals surface area contributed by atoms with Crippen LogP contribution in [0.4, 0.5) is 0 Å². The van der Waals surface area contributed by atoms with Crippen LogP contribution in [0.2, 0.25) is 0 Å². The van der Waals surface area contributed by atoms with E-state index in [-0.39, 0.29) is 11.6 Å². The SMILES string of the molecule is CSc1ccc(C2C(N)CCCCN2C(C)(C)C)cc1. The van der Waals surface area contributed by atoms with E-state index in [0.717, 1.165) is 13.0 Å². The van der Waals surface area contributed by atoms with Gasteiger partial charge < -0.3 is 5.73 Å². The zero-order valence-corrected chi connectivity index (χ0v) is 14.0.